The molecule has 2 heterocycles. The average Bonchev–Trinajstić information content (AvgIpc) is 3.32. The molecule has 0 bridgehead atoms. The summed E-state index contributed by atoms with van der Waals surface area (Å²) in [6, 6.07) is 10.7. The van der Waals surface area contributed by atoms with E-state index in [1.807, 2.05) is 12.3 Å². The lowest BCUT2D eigenvalue weighted by Gasteiger charge is -2.43. The summed E-state index contributed by atoms with van der Waals surface area (Å²) in [5.41, 5.74) is 2.71. The smallest absolute Gasteiger partial charge is 0.0722 e. The van der Waals surface area contributed by atoms with E-state index in [4.69, 9.17) is 0 Å². The van der Waals surface area contributed by atoms with Gasteiger partial charge in [0.1, 0.15) is 0 Å². The summed E-state index contributed by atoms with van der Waals surface area (Å²) in [6.45, 7) is 5.64. The molecule has 0 spiro atoms. The largest absolute Gasteiger partial charge is 0.368 e. The molecule has 0 radical (unpaired) electrons. The molecule has 1 N–H and O–H groups in total. The van der Waals surface area contributed by atoms with Gasteiger partial charge < -0.3 is 10.2 Å². The second-order valence-electron chi connectivity index (χ2n) is 6.39. The minimum atomic E-state index is 0.280. The van der Waals surface area contributed by atoms with Gasteiger partial charge >= 0.3 is 0 Å². The zero-order valence-electron chi connectivity index (χ0n) is 12.0. The monoisotopic (exact) mass is 267 g/mol. The van der Waals surface area contributed by atoms with Gasteiger partial charge in [-0.1, -0.05) is 6.07 Å². The maximum absolute atomic E-state index is 4.48. The molecular weight excluding hydrogens is 246 g/mol. The highest BCUT2D eigenvalue weighted by Crippen LogP contribution is 2.41. The van der Waals surface area contributed by atoms with E-state index in [0.29, 0.717) is 0 Å². The quantitative estimate of drug-likeness (QED) is 0.907. The van der Waals surface area contributed by atoms with E-state index >= 15 is 0 Å². The predicted octanol–water partition coefficient (Wildman–Crippen LogP) is 2.81. The van der Waals surface area contributed by atoms with E-state index in [1.165, 1.54) is 23.9 Å². The SMILES string of the molecule is CC1(C2CC2)CN(c2cccc3ncccc23)CCN1. The molecule has 20 heavy (non-hydrogen) atoms. The van der Waals surface area contributed by atoms with Crippen LogP contribution in [0.15, 0.2) is 36.5 Å². The molecule has 1 saturated carbocycles. The number of hydrogen-bond donors (Lipinski definition) is 1. The van der Waals surface area contributed by atoms with Crippen molar-refractivity contribution in [3.05, 3.63) is 36.5 Å². The first-order chi connectivity index (χ1) is 9.76. The first-order valence-electron chi connectivity index (χ1n) is 7.60. The van der Waals surface area contributed by atoms with Crippen molar-refractivity contribution in [1.82, 2.24) is 10.3 Å². The lowest BCUT2D eigenvalue weighted by molar-refractivity contribution is 0.285. The normalized spacial score (nSPS) is 26.9. The van der Waals surface area contributed by atoms with E-state index in [2.05, 4.69) is 46.4 Å². The Morgan fingerprint density at radius 3 is 3.00 bits per heavy atom. The van der Waals surface area contributed by atoms with Crippen molar-refractivity contribution in [1.29, 1.82) is 0 Å². The van der Waals surface area contributed by atoms with Crippen LogP contribution in [0.25, 0.3) is 10.9 Å². The number of rotatable bonds is 2. The van der Waals surface area contributed by atoms with Crippen LogP contribution in [-0.4, -0.2) is 30.2 Å². The molecule has 2 fully saturated rings. The second-order valence-corrected chi connectivity index (χ2v) is 6.39. The van der Waals surface area contributed by atoms with Gasteiger partial charge in [0.15, 0.2) is 0 Å². The Kier molecular flexibility index (Phi) is 2.71. The van der Waals surface area contributed by atoms with E-state index in [1.54, 1.807) is 0 Å². The van der Waals surface area contributed by atoms with Crippen molar-refractivity contribution in [3.8, 4) is 0 Å². The number of aromatic nitrogens is 1. The molecule has 1 aliphatic carbocycles. The molecule has 2 aromatic rings. The van der Waals surface area contributed by atoms with Gasteiger partial charge in [0.25, 0.3) is 0 Å². The molecular formula is C17H21N3. The third-order valence-electron chi connectivity index (χ3n) is 4.87. The van der Waals surface area contributed by atoms with Gasteiger partial charge in [-0.25, -0.2) is 0 Å². The molecule has 1 aliphatic heterocycles. The van der Waals surface area contributed by atoms with Crippen LogP contribution in [0.2, 0.25) is 0 Å². The molecule has 3 nitrogen and oxygen atoms in total. The van der Waals surface area contributed by atoms with Crippen LogP contribution in [-0.2, 0) is 0 Å². The van der Waals surface area contributed by atoms with Gasteiger partial charge in [-0.2, -0.15) is 0 Å². The summed E-state index contributed by atoms with van der Waals surface area (Å²) in [5, 5.41) is 5.02. The molecule has 1 aromatic heterocycles. The highest BCUT2D eigenvalue weighted by molar-refractivity contribution is 5.91. The molecule has 1 saturated heterocycles. The fraction of sp³-hybridized carbons (Fsp3) is 0.471. The highest BCUT2D eigenvalue weighted by atomic mass is 15.2. The number of piperazine rings is 1. The number of nitrogens with one attached hydrogen (secondary N) is 1. The van der Waals surface area contributed by atoms with Crippen molar-refractivity contribution < 1.29 is 0 Å². The lowest BCUT2D eigenvalue weighted by atomic mass is 9.92. The maximum atomic E-state index is 4.48. The molecule has 1 atom stereocenters. The maximum Gasteiger partial charge on any atom is 0.0722 e. The molecule has 1 aromatic carbocycles. The summed E-state index contributed by atoms with van der Waals surface area (Å²) >= 11 is 0. The molecule has 3 heteroatoms. The van der Waals surface area contributed by atoms with E-state index in [0.717, 1.165) is 31.1 Å². The number of benzene rings is 1. The first-order valence-corrected chi connectivity index (χ1v) is 7.60. The Morgan fingerprint density at radius 1 is 1.25 bits per heavy atom. The summed E-state index contributed by atoms with van der Waals surface area (Å²) in [5.74, 6) is 0.860. The Labute approximate surface area is 120 Å². The van der Waals surface area contributed by atoms with Crippen LogP contribution in [0.4, 0.5) is 5.69 Å². The van der Waals surface area contributed by atoms with Gasteiger partial charge in [-0.15, -0.1) is 0 Å². The standard InChI is InChI=1S/C17H21N3/c1-17(13-7-8-13)12-20(11-10-19-17)16-6-2-5-15-14(16)4-3-9-18-15/h2-6,9,13,19H,7-8,10-12H2,1H3. The Morgan fingerprint density at radius 2 is 2.15 bits per heavy atom. The van der Waals surface area contributed by atoms with Crippen LogP contribution in [0.5, 0.6) is 0 Å². The van der Waals surface area contributed by atoms with E-state index < -0.39 is 0 Å². The topological polar surface area (TPSA) is 28.2 Å². The third kappa shape index (κ3) is 1.97. The Balaban J connectivity index is 1.71. The minimum Gasteiger partial charge on any atom is -0.368 e. The number of hydrogen-bond acceptors (Lipinski definition) is 3. The van der Waals surface area contributed by atoms with Gasteiger partial charge in [-0.05, 0) is 49.9 Å². The third-order valence-corrected chi connectivity index (χ3v) is 4.87. The van der Waals surface area contributed by atoms with Gasteiger partial charge in [-0.3, -0.25) is 4.98 Å². The fourth-order valence-corrected chi connectivity index (χ4v) is 3.57. The molecule has 1 unspecified atom stereocenters. The number of nitrogens with zero attached hydrogens (tertiary/aromatic N) is 2. The van der Waals surface area contributed by atoms with Gasteiger partial charge in [0.2, 0.25) is 0 Å². The number of pyridine rings is 1. The van der Waals surface area contributed by atoms with Gasteiger partial charge in [0, 0.05) is 42.4 Å². The van der Waals surface area contributed by atoms with Crippen LogP contribution in [0.3, 0.4) is 0 Å². The molecule has 2 aliphatic rings. The Hall–Kier alpha value is -1.61. The van der Waals surface area contributed by atoms with Crippen molar-refractivity contribution in [2.24, 2.45) is 5.92 Å². The van der Waals surface area contributed by atoms with E-state index in [-0.39, 0.29) is 5.54 Å². The molecule has 0 amide bonds. The number of anilines is 1. The van der Waals surface area contributed by atoms with Crippen LogP contribution < -0.4 is 10.2 Å². The molecule has 4 rings (SSSR count). The predicted molar refractivity (Wildman–Crippen MR) is 83.1 cm³/mol. The van der Waals surface area contributed by atoms with Gasteiger partial charge in [0.05, 0.1) is 5.52 Å². The van der Waals surface area contributed by atoms with Crippen molar-refractivity contribution >= 4 is 16.6 Å². The zero-order chi connectivity index (χ0) is 13.6. The summed E-state index contributed by atoms with van der Waals surface area (Å²) < 4.78 is 0. The first kappa shape index (κ1) is 12.2. The van der Waals surface area contributed by atoms with Crippen LogP contribution >= 0.6 is 0 Å². The van der Waals surface area contributed by atoms with Crippen molar-refractivity contribution in [2.45, 2.75) is 25.3 Å². The van der Waals surface area contributed by atoms with Crippen LogP contribution in [0, 0.1) is 5.92 Å². The average molecular weight is 267 g/mol. The molecule has 104 valence electrons. The fourth-order valence-electron chi connectivity index (χ4n) is 3.57. The summed E-state index contributed by atoms with van der Waals surface area (Å²) in [4.78, 5) is 7.02. The lowest BCUT2D eigenvalue weighted by Crippen LogP contribution is -2.60. The zero-order valence-corrected chi connectivity index (χ0v) is 12.0. The van der Waals surface area contributed by atoms with Crippen molar-refractivity contribution in [3.63, 3.8) is 0 Å². The van der Waals surface area contributed by atoms with E-state index in [9.17, 15) is 0 Å². The number of fused-ring (bicyclic) bond motifs is 1. The highest BCUT2D eigenvalue weighted by Gasteiger charge is 2.44. The summed E-state index contributed by atoms with van der Waals surface area (Å²) in [7, 11) is 0. The van der Waals surface area contributed by atoms with Crippen LogP contribution in [0.1, 0.15) is 19.8 Å². The minimum absolute atomic E-state index is 0.280. The Bertz CT molecular complexity index is 630. The van der Waals surface area contributed by atoms with Crippen molar-refractivity contribution in [2.75, 3.05) is 24.5 Å². The summed E-state index contributed by atoms with van der Waals surface area (Å²) in [6.07, 6.45) is 4.64. The second kappa shape index (κ2) is 4.45.